The maximum atomic E-state index is 4.86. The van der Waals surface area contributed by atoms with Gasteiger partial charge in [0.2, 0.25) is 0 Å². The van der Waals surface area contributed by atoms with E-state index in [1.54, 1.807) is 11.3 Å². The van der Waals surface area contributed by atoms with Crippen molar-refractivity contribution in [2.45, 2.75) is 26.2 Å². The van der Waals surface area contributed by atoms with Gasteiger partial charge in [-0.3, -0.25) is 0 Å². The van der Waals surface area contributed by atoms with E-state index in [1.165, 1.54) is 40.7 Å². The molecule has 0 spiro atoms. The minimum absolute atomic E-state index is 0.759. The Balaban J connectivity index is 1.38. The van der Waals surface area contributed by atoms with Gasteiger partial charge in [-0.25, -0.2) is 9.97 Å². The van der Waals surface area contributed by atoms with Gasteiger partial charge in [0.05, 0.1) is 5.39 Å². The first kappa shape index (κ1) is 18.3. The second-order valence-electron chi connectivity index (χ2n) is 7.91. The fourth-order valence-electron chi connectivity index (χ4n) is 4.29. The number of thiophene rings is 1. The highest BCUT2D eigenvalue weighted by Crippen LogP contribution is 2.37. The molecule has 0 N–H and O–H groups in total. The fraction of sp³-hybridized carbons (Fsp3) is 0.280. The van der Waals surface area contributed by atoms with E-state index in [-0.39, 0.29) is 0 Å². The number of hydrogen-bond acceptors (Lipinski definition) is 4. The monoisotopic (exact) mass is 399 g/mol. The minimum atomic E-state index is 0.759. The van der Waals surface area contributed by atoms with Gasteiger partial charge in [-0.2, -0.15) is 0 Å². The molecule has 1 aliphatic heterocycles. The zero-order chi connectivity index (χ0) is 19.6. The van der Waals surface area contributed by atoms with Crippen LogP contribution >= 0.6 is 11.3 Å². The first-order chi connectivity index (χ1) is 14.3. The van der Waals surface area contributed by atoms with Crippen LogP contribution in [0.25, 0.3) is 20.7 Å². The lowest BCUT2D eigenvalue weighted by Gasteiger charge is -2.33. The predicted octanol–water partition coefficient (Wildman–Crippen LogP) is 6.13. The maximum absolute atomic E-state index is 4.86. The van der Waals surface area contributed by atoms with Crippen LogP contribution in [0.15, 0.2) is 66.7 Å². The molecule has 0 amide bonds. The van der Waals surface area contributed by atoms with Gasteiger partial charge in [0, 0.05) is 18.0 Å². The van der Waals surface area contributed by atoms with E-state index in [0.29, 0.717) is 0 Å². The molecule has 0 bridgehead atoms. The largest absolute Gasteiger partial charge is 0.356 e. The molecule has 5 rings (SSSR count). The Labute approximate surface area is 176 Å². The topological polar surface area (TPSA) is 29.0 Å². The van der Waals surface area contributed by atoms with Crippen molar-refractivity contribution in [1.82, 2.24) is 9.97 Å². The van der Waals surface area contributed by atoms with Crippen molar-refractivity contribution >= 4 is 27.4 Å². The summed E-state index contributed by atoms with van der Waals surface area (Å²) in [4.78, 5) is 14.4. The molecule has 4 aromatic rings. The van der Waals surface area contributed by atoms with Crippen LogP contribution in [-0.2, 0) is 6.42 Å². The Bertz CT molecular complexity index is 1100. The van der Waals surface area contributed by atoms with Gasteiger partial charge in [0.15, 0.2) is 0 Å². The van der Waals surface area contributed by atoms with E-state index in [9.17, 15) is 0 Å². The summed E-state index contributed by atoms with van der Waals surface area (Å²) in [5.41, 5.74) is 2.71. The SMILES string of the molecule is Cc1nc(N2CCC(Cc3ccccc3)CC2)c2cc(-c3ccccc3)sc2n1. The van der Waals surface area contributed by atoms with Crippen molar-refractivity contribution in [2.24, 2.45) is 5.92 Å². The third-order valence-electron chi connectivity index (χ3n) is 5.82. The van der Waals surface area contributed by atoms with E-state index in [0.717, 1.165) is 35.5 Å². The number of benzene rings is 2. The number of nitrogens with zero attached hydrogens (tertiary/aromatic N) is 3. The molecule has 0 radical (unpaired) electrons. The summed E-state index contributed by atoms with van der Waals surface area (Å²) in [6.07, 6.45) is 3.62. The summed E-state index contributed by atoms with van der Waals surface area (Å²) >= 11 is 1.77. The van der Waals surface area contributed by atoms with E-state index in [1.807, 2.05) is 6.92 Å². The number of piperidine rings is 1. The van der Waals surface area contributed by atoms with Gasteiger partial charge in [-0.1, -0.05) is 60.7 Å². The van der Waals surface area contributed by atoms with Crippen LogP contribution in [0.3, 0.4) is 0 Å². The maximum Gasteiger partial charge on any atom is 0.141 e. The van der Waals surface area contributed by atoms with Crippen LogP contribution in [0.5, 0.6) is 0 Å². The van der Waals surface area contributed by atoms with Crippen molar-refractivity contribution in [3.63, 3.8) is 0 Å². The molecule has 1 saturated heterocycles. The Morgan fingerprint density at radius 1 is 0.931 bits per heavy atom. The van der Waals surface area contributed by atoms with Gasteiger partial charge < -0.3 is 4.90 Å². The van der Waals surface area contributed by atoms with Crippen LogP contribution in [0.1, 0.15) is 24.2 Å². The quantitative estimate of drug-likeness (QED) is 0.413. The highest BCUT2D eigenvalue weighted by atomic mass is 32.1. The molecule has 146 valence electrons. The van der Waals surface area contributed by atoms with Crippen molar-refractivity contribution in [1.29, 1.82) is 0 Å². The number of aryl methyl sites for hydroxylation is 1. The van der Waals surface area contributed by atoms with Crippen LogP contribution in [0.4, 0.5) is 5.82 Å². The summed E-state index contributed by atoms with van der Waals surface area (Å²) in [6, 6.07) is 23.7. The number of aromatic nitrogens is 2. The van der Waals surface area contributed by atoms with Crippen molar-refractivity contribution < 1.29 is 0 Å². The second-order valence-corrected chi connectivity index (χ2v) is 8.94. The van der Waals surface area contributed by atoms with Crippen molar-refractivity contribution in [3.05, 3.63) is 78.1 Å². The zero-order valence-corrected chi connectivity index (χ0v) is 17.5. The second kappa shape index (κ2) is 7.96. The summed E-state index contributed by atoms with van der Waals surface area (Å²) in [7, 11) is 0. The molecule has 2 aromatic heterocycles. The molecular weight excluding hydrogens is 374 g/mol. The average Bonchev–Trinajstić information content (AvgIpc) is 3.19. The molecular formula is C25H25N3S. The van der Waals surface area contributed by atoms with Crippen molar-refractivity contribution in [3.8, 4) is 10.4 Å². The summed E-state index contributed by atoms with van der Waals surface area (Å²) in [5.74, 6) is 2.74. The number of hydrogen-bond donors (Lipinski definition) is 0. The Morgan fingerprint density at radius 2 is 1.62 bits per heavy atom. The fourth-order valence-corrected chi connectivity index (χ4v) is 5.37. The van der Waals surface area contributed by atoms with Gasteiger partial charge in [-0.05, 0) is 49.3 Å². The van der Waals surface area contributed by atoms with Crippen LogP contribution in [0, 0.1) is 12.8 Å². The molecule has 4 heteroatoms. The molecule has 3 nitrogen and oxygen atoms in total. The third kappa shape index (κ3) is 3.90. The lowest BCUT2D eigenvalue weighted by atomic mass is 9.90. The highest BCUT2D eigenvalue weighted by Gasteiger charge is 2.23. The predicted molar refractivity (Wildman–Crippen MR) is 123 cm³/mol. The molecule has 0 saturated carbocycles. The first-order valence-electron chi connectivity index (χ1n) is 10.4. The molecule has 3 heterocycles. The minimum Gasteiger partial charge on any atom is -0.356 e. The Morgan fingerprint density at radius 3 is 2.34 bits per heavy atom. The molecule has 0 aliphatic carbocycles. The Hall–Kier alpha value is -2.72. The van der Waals surface area contributed by atoms with E-state index >= 15 is 0 Å². The molecule has 1 fully saturated rings. The Kier molecular flexibility index (Phi) is 5.03. The standard InChI is InChI=1S/C25H25N3S/c1-18-26-24(22-17-23(29-25(22)27-18)21-10-6-3-7-11-21)28-14-12-20(13-15-28)16-19-8-4-2-5-9-19/h2-11,17,20H,12-16H2,1H3. The highest BCUT2D eigenvalue weighted by molar-refractivity contribution is 7.21. The smallest absolute Gasteiger partial charge is 0.141 e. The molecule has 2 aromatic carbocycles. The lowest BCUT2D eigenvalue weighted by Crippen LogP contribution is -2.35. The van der Waals surface area contributed by atoms with Crippen LogP contribution in [0.2, 0.25) is 0 Å². The van der Waals surface area contributed by atoms with Crippen molar-refractivity contribution in [2.75, 3.05) is 18.0 Å². The molecule has 0 atom stereocenters. The summed E-state index contributed by atoms with van der Waals surface area (Å²) < 4.78 is 0. The number of rotatable bonds is 4. The van der Waals surface area contributed by atoms with Gasteiger partial charge >= 0.3 is 0 Å². The lowest BCUT2D eigenvalue weighted by molar-refractivity contribution is 0.402. The summed E-state index contributed by atoms with van der Waals surface area (Å²) in [5, 5.41) is 1.20. The molecule has 29 heavy (non-hydrogen) atoms. The first-order valence-corrected chi connectivity index (χ1v) is 11.2. The zero-order valence-electron chi connectivity index (χ0n) is 16.7. The van der Waals surface area contributed by atoms with Crippen LogP contribution < -0.4 is 4.90 Å². The average molecular weight is 400 g/mol. The molecule has 1 aliphatic rings. The van der Waals surface area contributed by atoms with Gasteiger partial charge in [0.1, 0.15) is 16.5 Å². The number of fused-ring (bicyclic) bond motifs is 1. The number of anilines is 1. The van der Waals surface area contributed by atoms with E-state index in [2.05, 4.69) is 71.6 Å². The van der Waals surface area contributed by atoms with Gasteiger partial charge in [0.25, 0.3) is 0 Å². The van der Waals surface area contributed by atoms with Crippen LogP contribution in [-0.4, -0.2) is 23.1 Å². The van der Waals surface area contributed by atoms with E-state index in [4.69, 9.17) is 9.97 Å². The van der Waals surface area contributed by atoms with E-state index < -0.39 is 0 Å². The molecule has 0 unspecified atom stereocenters. The summed E-state index contributed by atoms with van der Waals surface area (Å²) in [6.45, 7) is 4.14. The normalized spacial score (nSPS) is 15.1. The van der Waals surface area contributed by atoms with Gasteiger partial charge in [-0.15, -0.1) is 11.3 Å². The third-order valence-corrected chi connectivity index (χ3v) is 6.90.